The summed E-state index contributed by atoms with van der Waals surface area (Å²) in [5.41, 5.74) is 10.5. The van der Waals surface area contributed by atoms with Crippen LogP contribution in [0, 0.1) is 11.3 Å². The Hall–Kier alpha value is -2.40. The third-order valence-corrected chi connectivity index (χ3v) is 4.44. The maximum absolute atomic E-state index is 12.1. The molecule has 0 aliphatic heterocycles. The average Bonchev–Trinajstić information content (AvgIpc) is 2.44. The van der Waals surface area contributed by atoms with E-state index >= 15 is 0 Å². The normalized spacial score (nSPS) is 10.8. The van der Waals surface area contributed by atoms with Crippen molar-refractivity contribution in [3.05, 3.63) is 28.8 Å². The van der Waals surface area contributed by atoms with Gasteiger partial charge in [0.2, 0.25) is 0 Å². The van der Waals surface area contributed by atoms with Crippen molar-refractivity contribution in [3.63, 3.8) is 0 Å². The second-order valence-electron chi connectivity index (χ2n) is 5.16. The highest BCUT2D eigenvalue weighted by atomic mass is 32.2. The van der Waals surface area contributed by atoms with E-state index in [-0.39, 0.29) is 16.0 Å². The van der Waals surface area contributed by atoms with Gasteiger partial charge >= 0.3 is 0 Å². The van der Waals surface area contributed by atoms with E-state index in [1.165, 1.54) is 6.07 Å². The van der Waals surface area contributed by atoms with Crippen LogP contribution >= 0.6 is 0 Å². The number of sulfone groups is 1. The van der Waals surface area contributed by atoms with Crippen molar-refractivity contribution in [3.8, 4) is 6.07 Å². The molecule has 4 N–H and O–H groups in total. The molecule has 0 radical (unpaired) electrons. The Kier molecular flexibility index (Phi) is 6.28. The molecule has 1 amide bonds. The van der Waals surface area contributed by atoms with Crippen molar-refractivity contribution < 1.29 is 13.2 Å². The number of guanidine groups is 1. The molecule has 0 unspecified atom stereocenters. The summed E-state index contributed by atoms with van der Waals surface area (Å²) in [6.45, 7) is 2.04. The van der Waals surface area contributed by atoms with Gasteiger partial charge in [0.15, 0.2) is 15.8 Å². The number of nitrogens with two attached hydrogens (primary N) is 2. The van der Waals surface area contributed by atoms with Gasteiger partial charge in [-0.15, -0.1) is 0 Å². The number of unbranched alkanes of at least 4 members (excludes halogenated alkanes) is 2. The number of nitriles is 1. The summed E-state index contributed by atoms with van der Waals surface area (Å²) >= 11 is 0. The highest BCUT2D eigenvalue weighted by Gasteiger charge is 2.24. The minimum Gasteiger partial charge on any atom is -0.370 e. The van der Waals surface area contributed by atoms with Gasteiger partial charge in [-0.3, -0.25) is 4.79 Å². The van der Waals surface area contributed by atoms with Gasteiger partial charge in [0.25, 0.3) is 5.91 Å². The van der Waals surface area contributed by atoms with E-state index < -0.39 is 21.7 Å². The minimum absolute atomic E-state index is 0.118. The summed E-state index contributed by atoms with van der Waals surface area (Å²) in [5.74, 6) is -1.29. The highest BCUT2D eigenvalue weighted by Crippen LogP contribution is 2.26. The number of aryl methyl sites for hydroxylation is 1. The van der Waals surface area contributed by atoms with E-state index in [1.54, 1.807) is 12.1 Å². The smallest absolute Gasteiger partial charge is 0.281 e. The van der Waals surface area contributed by atoms with E-state index in [2.05, 4.69) is 4.99 Å². The number of aliphatic imine (C=N–C) groups is 1. The van der Waals surface area contributed by atoms with Crippen LogP contribution in [-0.2, 0) is 16.3 Å². The molecular formula is C15H20N4O3S. The number of carbonyl (C=O) groups excluding carboxylic acids is 1. The van der Waals surface area contributed by atoms with Crippen molar-refractivity contribution in [2.24, 2.45) is 16.5 Å². The molecule has 0 spiro atoms. The number of carbonyl (C=O) groups is 1. The molecule has 0 aliphatic carbocycles. The lowest BCUT2D eigenvalue weighted by atomic mass is 10.00. The zero-order valence-corrected chi connectivity index (χ0v) is 14.0. The Morgan fingerprint density at radius 2 is 1.96 bits per heavy atom. The van der Waals surface area contributed by atoms with Gasteiger partial charge in [-0.25, -0.2) is 8.42 Å². The zero-order valence-electron chi connectivity index (χ0n) is 13.2. The fraction of sp³-hybridized carbons (Fsp3) is 0.400. The fourth-order valence-corrected chi connectivity index (χ4v) is 3.45. The molecular weight excluding hydrogens is 316 g/mol. The third kappa shape index (κ3) is 4.79. The molecule has 7 nitrogen and oxygen atoms in total. The first-order chi connectivity index (χ1) is 10.7. The van der Waals surface area contributed by atoms with E-state index in [0.29, 0.717) is 12.0 Å². The summed E-state index contributed by atoms with van der Waals surface area (Å²) in [4.78, 5) is 15.2. The van der Waals surface area contributed by atoms with E-state index in [1.807, 2.05) is 6.92 Å². The van der Waals surface area contributed by atoms with Crippen LogP contribution in [0.25, 0.3) is 0 Å². The van der Waals surface area contributed by atoms with Gasteiger partial charge in [0, 0.05) is 6.26 Å². The summed E-state index contributed by atoms with van der Waals surface area (Å²) in [7, 11) is -3.68. The largest absolute Gasteiger partial charge is 0.370 e. The molecule has 0 heterocycles. The van der Waals surface area contributed by atoms with Crippen LogP contribution in [0.3, 0.4) is 0 Å². The molecule has 8 heteroatoms. The van der Waals surface area contributed by atoms with E-state index in [0.717, 1.165) is 25.5 Å². The SMILES string of the molecule is CCCCCc1ccc(C(=O)N=C(N)N)c(C#N)c1S(C)(=O)=O. The van der Waals surface area contributed by atoms with Gasteiger partial charge in [-0.05, 0) is 24.5 Å². The lowest BCUT2D eigenvalue weighted by molar-refractivity contribution is 0.100. The maximum Gasteiger partial charge on any atom is 0.281 e. The summed E-state index contributed by atoms with van der Waals surface area (Å²) < 4.78 is 24.2. The van der Waals surface area contributed by atoms with Crippen LogP contribution in [-0.4, -0.2) is 26.5 Å². The van der Waals surface area contributed by atoms with Crippen LogP contribution in [0.1, 0.15) is 47.7 Å². The van der Waals surface area contributed by atoms with Crippen LogP contribution in [0.5, 0.6) is 0 Å². The molecule has 1 aromatic carbocycles. The number of amides is 1. The minimum atomic E-state index is -3.68. The van der Waals surface area contributed by atoms with Crippen molar-refractivity contribution in [2.75, 3.05) is 6.26 Å². The van der Waals surface area contributed by atoms with E-state index in [4.69, 9.17) is 11.5 Å². The lowest BCUT2D eigenvalue weighted by Gasteiger charge is -2.12. The van der Waals surface area contributed by atoms with Gasteiger partial charge in [-0.2, -0.15) is 10.3 Å². The van der Waals surface area contributed by atoms with Crippen molar-refractivity contribution in [1.29, 1.82) is 5.26 Å². The van der Waals surface area contributed by atoms with Crippen LogP contribution < -0.4 is 11.5 Å². The zero-order chi connectivity index (χ0) is 17.6. The topological polar surface area (TPSA) is 139 Å². The predicted molar refractivity (Wildman–Crippen MR) is 87.6 cm³/mol. The van der Waals surface area contributed by atoms with Crippen molar-refractivity contribution in [1.82, 2.24) is 0 Å². The number of rotatable bonds is 6. The van der Waals surface area contributed by atoms with Gasteiger partial charge in [-0.1, -0.05) is 25.8 Å². The first-order valence-corrected chi connectivity index (χ1v) is 9.01. The summed E-state index contributed by atoms with van der Waals surface area (Å²) in [5, 5.41) is 9.36. The quantitative estimate of drug-likeness (QED) is 0.453. The lowest BCUT2D eigenvalue weighted by Crippen LogP contribution is -2.24. The Balaban J connectivity index is 3.54. The van der Waals surface area contributed by atoms with Crippen molar-refractivity contribution >= 4 is 21.7 Å². The first kappa shape index (κ1) is 18.6. The number of benzene rings is 1. The molecule has 1 aromatic rings. The molecule has 124 valence electrons. The standard InChI is InChI=1S/C15H20N4O3S/c1-3-4-5-6-10-7-8-11(14(20)19-15(17)18)12(9-16)13(10)23(2,21)22/h7-8H,3-6H2,1-2H3,(H4,17,18,19,20). The fourth-order valence-electron chi connectivity index (χ4n) is 2.28. The molecule has 0 aromatic heterocycles. The van der Waals surface area contributed by atoms with Crippen molar-refractivity contribution in [2.45, 2.75) is 37.5 Å². The number of hydrogen-bond acceptors (Lipinski definition) is 4. The third-order valence-electron chi connectivity index (χ3n) is 3.23. The molecule has 0 saturated carbocycles. The average molecular weight is 336 g/mol. The summed E-state index contributed by atoms with van der Waals surface area (Å²) in [6.07, 6.45) is 4.26. The Labute approximate surface area is 135 Å². The maximum atomic E-state index is 12.1. The predicted octanol–water partition coefficient (Wildman–Crippen LogP) is 1.11. The second kappa shape index (κ2) is 7.74. The molecule has 0 saturated heterocycles. The second-order valence-corrected chi connectivity index (χ2v) is 7.11. The van der Waals surface area contributed by atoms with E-state index in [9.17, 15) is 18.5 Å². The summed E-state index contributed by atoms with van der Waals surface area (Å²) in [6, 6.07) is 4.74. The monoisotopic (exact) mass is 336 g/mol. The van der Waals surface area contributed by atoms with Gasteiger partial charge in [0.1, 0.15) is 6.07 Å². The number of hydrogen-bond donors (Lipinski definition) is 2. The molecule has 0 aliphatic rings. The molecule has 0 fully saturated rings. The Morgan fingerprint density at radius 1 is 1.30 bits per heavy atom. The van der Waals surface area contributed by atoms with Crippen LogP contribution in [0.15, 0.2) is 22.0 Å². The Morgan fingerprint density at radius 3 is 2.43 bits per heavy atom. The molecule has 0 atom stereocenters. The molecule has 0 bridgehead atoms. The number of nitrogens with zero attached hydrogens (tertiary/aromatic N) is 2. The first-order valence-electron chi connectivity index (χ1n) is 7.12. The van der Waals surface area contributed by atoms with Gasteiger partial charge in [0.05, 0.1) is 16.0 Å². The Bertz CT molecular complexity index is 773. The van der Waals surface area contributed by atoms with Gasteiger partial charge < -0.3 is 11.5 Å². The van der Waals surface area contributed by atoms with Crippen LogP contribution in [0.2, 0.25) is 0 Å². The molecule has 1 rings (SSSR count). The highest BCUT2D eigenvalue weighted by molar-refractivity contribution is 7.90. The van der Waals surface area contributed by atoms with Crippen LogP contribution in [0.4, 0.5) is 0 Å². The molecule has 23 heavy (non-hydrogen) atoms.